The van der Waals surface area contributed by atoms with Gasteiger partial charge in [-0.15, -0.1) is 0 Å². The average molecular weight is 580 g/mol. The van der Waals surface area contributed by atoms with Crippen molar-refractivity contribution in [3.63, 3.8) is 0 Å². The van der Waals surface area contributed by atoms with Crippen LogP contribution in [0.5, 0.6) is 11.5 Å². The monoisotopic (exact) mass is 578 g/mol. The number of methoxy groups -OCH3 is 1. The molecule has 3 aromatic carbocycles. The Morgan fingerprint density at radius 2 is 1.75 bits per heavy atom. The summed E-state index contributed by atoms with van der Waals surface area (Å²) < 4.78 is 11.6. The molecule has 1 saturated heterocycles. The maximum absolute atomic E-state index is 12.9. The molecule has 0 radical (unpaired) electrons. The smallest absolute Gasteiger partial charge is 0.285 e. The van der Waals surface area contributed by atoms with Crippen molar-refractivity contribution in [2.45, 2.75) is 6.61 Å². The van der Waals surface area contributed by atoms with E-state index >= 15 is 0 Å². The summed E-state index contributed by atoms with van der Waals surface area (Å²) in [6.07, 6.45) is 1.66. The SMILES string of the molecule is COc1cc(/C=C2/SC(=S)N(NC(=O)c3ccc(Cl)cc3)C2=O)ccc1OCc1ccc(Cl)cc1Cl. The van der Waals surface area contributed by atoms with Crippen LogP contribution in [0.3, 0.4) is 0 Å². The Labute approximate surface area is 232 Å². The summed E-state index contributed by atoms with van der Waals surface area (Å²) in [5, 5.41) is 2.59. The molecule has 1 fully saturated rings. The Kier molecular flexibility index (Phi) is 8.43. The standard InChI is InChI=1S/C25H17Cl3N2O4S2/c1-33-21-10-14(2-9-20(21)34-13-16-5-8-18(27)12-19(16)28)11-22-24(32)30(25(35)36-22)29-23(31)15-3-6-17(26)7-4-15/h2-12H,13H2,1H3,(H,29,31)/b22-11+. The lowest BCUT2D eigenvalue weighted by molar-refractivity contribution is -0.123. The van der Waals surface area contributed by atoms with Crippen LogP contribution in [-0.2, 0) is 11.4 Å². The summed E-state index contributed by atoms with van der Waals surface area (Å²) in [4.78, 5) is 25.8. The second kappa shape index (κ2) is 11.5. The minimum absolute atomic E-state index is 0.209. The van der Waals surface area contributed by atoms with Gasteiger partial charge in [-0.3, -0.25) is 15.0 Å². The molecule has 3 aromatic rings. The van der Waals surface area contributed by atoms with E-state index in [9.17, 15) is 9.59 Å². The van der Waals surface area contributed by atoms with Crippen LogP contribution in [0.4, 0.5) is 0 Å². The lowest BCUT2D eigenvalue weighted by Gasteiger charge is -2.15. The number of hydrazine groups is 1. The number of halogens is 3. The predicted octanol–water partition coefficient (Wildman–Crippen LogP) is 6.78. The fraction of sp³-hybridized carbons (Fsp3) is 0.0800. The fourth-order valence-corrected chi connectivity index (χ4v) is 4.94. The van der Waals surface area contributed by atoms with Crippen molar-refractivity contribution in [3.05, 3.63) is 97.3 Å². The lowest BCUT2D eigenvalue weighted by atomic mass is 10.2. The number of benzene rings is 3. The number of hydrogen-bond donors (Lipinski definition) is 1. The third kappa shape index (κ3) is 6.14. The van der Waals surface area contributed by atoms with Crippen LogP contribution in [-0.4, -0.2) is 28.3 Å². The zero-order valence-electron chi connectivity index (χ0n) is 18.6. The quantitative estimate of drug-likeness (QED) is 0.246. The highest BCUT2D eigenvalue weighted by Gasteiger charge is 2.33. The van der Waals surface area contributed by atoms with E-state index in [-0.39, 0.29) is 10.9 Å². The van der Waals surface area contributed by atoms with Gasteiger partial charge in [0.2, 0.25) is 0 Å². The van der Waals surface area contributed by atoms with E-state index in [4.69, 9.17) is 56.5 Å². The molecule has 0 unspecified atom stereocenters. The molecule has 2 amide bonds. The second-order valence-electron chi connectivity index (χ2n) is 7.40. The summed E-state index contributed by atoms with van der Waals surface area (Å²) in [7, 11) is 1.52. The third-order valence-corrected chi connectivity index (χ3v) is 7.14. The molecule has 0 bridgehead atoms. The first-order chi connectivity index (χ1) is 17.2. The molecule has 1 aliphatic rings. The molecule has 0 saturated carbocycles. The molecule has 0 spiro atoms. The van der Waals surface area contributed by atoms with Gasteiger partial charge in [-0.1, -0.05) is 58.7 Å². The summed E-state index contributed by atoms with van der Waals surface area (Å²) in [5.41, 5.74) is 4.34. The van der Waals surface area contributed by atoms with Crippen LogP contribution in [0, 0.1) is 0 Å². The summed E-state index contributed by atoms with van der Waals surface area (Å²) in [6, 6.07) is 16.7. The summed E-state index contributed by atoms with van der Waals surface area (Å²) in [5.74, 6) is 0.0564. The van der Waals surface area contributed by atoms with Crippen molar-refractivity contribution >= 4 is 81.0 Å². The molecule has 6 nitrogen and oxygen atoms in total. The number of hydrogen-bond acceptors (Lipinski definition) is 6. The number of carbonyl (C=O) groups excluding carboxylic acids is 2. The molecule has 11 heteroatoms. The van der Waals surface area contributed by atoms with Crippen molar-refractivity contribution in [3.8, 4) is 11.5 Å². The number of nitrogens with one attached hydrogen (secondary N) is 1. The highest BCUT2D eigenvalue weighted by Crippen LogP contribution is 2.35. The molecular weight excluding hydrogens is 563 g/mol. The largest absolute Gasteiger partial charge is 0.493 e. The van der Waals surface area contributed by atoms with Gasteiger partial charge in [0.1, 0.15) is 6.61 Å². The van der Waals surface area contributed by atoms with Crippen molar-refractivity contribution < 1.29 is 19.1 Å². The normalized spacial score (nSPS) is 14.3. The minimum atomic E-state index is -0.479. The molecule has 36 heavy (non-hydrogen) atoms. The van der Waals surface area contributed by atoms with Gasteiger partial charge in [-0.05, 0) is 72.4 Å². The van der Waals surface area contributed by atoms with E-state index in [1.54, 1.807) is 66.7 Å². The first-order valence-corrected chi connectivity index (χ1v) is 12.7. The van der Waals surface area contributed by atoms with Crippen LogP contribution >= 0.6 is 58.8 Å². The maximum Gasteiger partial charge on any atom is 0.285 e. The molecule has 0 aromatic heterocycles. The number of rotatable bonds is 7. The molecule has 0 aliphatic carbocycles. The maximum atomic E-state index is 12.9. The molecule has 0 atom stereocenters. The Morgan fingerprint density at radius 3 is 2.44 bits per heavy atom. The van der Waals surface area contributed by atoms with E-state index in [0.29, 0.717) is 42.6 Å². The van der Waals surface area contributed by atoms with E-state index in [0.717, 1.165) is 22.3 Å². The Bertz CT molecular complexity index is 1380. The molecule has 1 heterocycles. The van der Waals surface area contributed by atoms with E-state index in [1.807, 2.05) is 0 Å². The van der Waals surface area contributed by atoms with Crippen LogP contribution in [0.2, 0.25) is 15.1 Å². The summed E-state index contributed by atoms with van der Waals surface area (Å²) >= 11 is 24.4. The van der Waals surface area contributed by atoms with Crippen LogP contribution < -0.4 is 14.9 Å². The second-order valence-corrected chi connectivity index (χ2v) is 10.4. The number of ether oxygens (including phenoxy) is 2. The first kappa shape index (κ1) is 26.3. The third-order valence-electron chi connectivity index (χ3n) is 5.00. The van der Waals surface area contributed by atoms with Gasteiger partial charge >= 0.3 is 0 Å². The molecule has 1 aliphatic heterocycles. The van der Waals surface area contributed by atoms with E-state index in [2.05, 4.69) is 5.43 Å². The number of nitrogens with zero attached hydrogens (tertiary/aromatic N) is 1. The molecule has 1 N–H and O–H groups in total. The van der Waals surface area contributed by atoms with Gasteiger partial charge in [-0.2, -0.15) is 5.01 Å². The van der Waals surface area contributed by atoms with Gasteiger partial charge in [-0.25, -0.2) is 0 Å². The van der Waals surface area contributed by atoms with Gasteiger partial charge in [0, 0.05) is 26.2 Å². The van der Waals surface area contributed by atoms with E-state index in [1.165, 1.54) is 7.11 Å². The zero-order chi connectivity index (χ0) is 25.8. The van der Waals surface area contributed by atoms with Gasteiger partial charge in [0.05, 0.1) is 12.0 Å². The number of thiocarbonyl (C=S) groups is 1. The van der Waals surface area contributed by atoms with Crippen molar-refractivity contribution in [2.75, 3.05) is 7.11 Å². The van der Waals surface area contributed by atoms with Gasteiger partial charge < -0.3 is 9.47 Å². The van der Waals surface area contributed by atoms with Crippen LogP contribution in [0.15, 0.2) is 65.6 Å². The number of amides is 2. The highest BCUT2D eigenvalue weighted by atomic mass is 35.5. The van der Waals surface area contributed by atoms with Crippen molar-refractivity contribution in [1.82, 2.24) is 10.4 Å². The van der Waals surface area contributed by atoms with Gasteiger partial charge in [0.25, 0.3) is 11.8 Å². The molecule has 184 valence electrons. The topological polar surface area (TPSA) is 67.9 Å². The molecule has 4 rings (SSSR count). The van der Waals surface area contributed by atoms with Crippen LogP contribution in [0.1, 0.15) is 21.5 Å². The van der Waals surface area contributed by atoms with Crippen molar-refractivity contribution in [1.29, 1.82) is 0 Å². The van der Waals surface area contributed by atoms with Crippen LogP contribution in [0.25, 0.3) is 6.08 Å². The molecular formula is C25H17Cl3N2O4S2. The lowest BCUT2D eigenvalue weighted by Crippen LogP contribution is -2.44. The number of thioether (sulfide) groups is 1. The Morgan fingerprint density at radius 1 is 1.03 bits per heavy atom. The zero-order valence-corrected chi connectivity index (χ0v) is 22.5. The van der Waals surface area contributed by atoms with Crippen molar-refractivity contribution in [2.24, 2.45) is 0 Å². The predicted molar refractivity (Wildman–Crippen MR) is 148 cm³/mol. The number of carbonyl (C=O) groups is 2. The minimum Gasteiger partial charge on any atom is -0.493 e. The Balaban J connectivity index is 1.47. The fourth-order valence-electron chi connectivity index (χ4n) is 3.17. The highest BCUT2D eigenvalue weighted by molar-refractivity contribution is 8.26. The Hall–Kier alpha value is -2.75. The first-order valence-electron chi connectivity index (χ1n) is 10.3. The van der Waals surface area contributed by atoms with E-state index < -0.39 is 11.8 Å². The van der Waals surface area contributed by atoms with Gasteiger partial charge in [0.15, 0.2) is 15.8 Å². The summed E-state index contributed by atoms with van der Waals surface area (Å²) in [6.45, 7) is 0.220. The average Bonchev–Trinajstić information content (AvgIpc) is 3.11.